The number of rotatable bonds is 5. The summed E-state index contributed by atoms with van der Waals surface area (Å²) in [5, 5.41) is 8.99. The van der Waals surface area contributed by atoms with Crippen molar-refractivity contribution in [3.8, 4) is 0 Å². The Kier molecular flexibility index (Phi) is 4.32. The Balaban J connectivity index is 2.47. The summed E-state index contributed by atoms with van der Waals surface area (Å²) in [5.74, 6) is -0.0763. The number of H-pyrrole nitrogens is 1. The number of aryl methyl sites for hydroxylation is 1. The molecule has 0 aliphatic carbocycles. The third kappa shape index (κ3) is 4.72. The third-order valence-electron chi connectivity index (χ3n) is 1.66. The van der Waals surface area contributed by atoms with Gasteiger partial charge in [-0.25, -0.2) is 17.9 Å². The van der Waals surface area contributed by atoms with E-state index in [1.807, 2.05) is 0 Å². The second-order valence-electron chi connectivity index (χ2n) is 3.19. The zero-order valence-corrected chi connectivity index (χ0v) is 10.3. The van der Waals surface area contributed by atoms with E-state index in [-0.39, 0.29) is 6.61 Å². The minimum absolute atomic E-state index is 0.105. The maximum absolute atomic E-state index is 11.4. The second-order valence-corrected chi connectivity index (χ2v) is 4.92. The summed E-state index contributed by atoms with van der Waals surface area (Å²) in [6, 6.07) is 1.64. The maximum atomic E-state index is 11.4. The minimum atomic E-state index is -3.78. The fraction of sp³-hybridized carbons (Fsp3) is 0.500. The highest BCUT2D eigenvalue weighted by molar-refractivity contribution is 7.90. The first-order valence-electron chi connectivity index (χ1n) is 4.86. The highest BCUT2D eigenvalue weighted by atomic mass is 32.2. The average molecular weight is 262 g/mol. The summed E-state index contributed by atoms with van der Waals surface area (Å²) in [5.41, 5.74) is 0.795. The van der Waals surface area contributed by atoms with E-state index in [2.05, 4.69) is 20.3 Å². The fourth-order valence-electron chi connectivity index (χ4n) is 1.00. The number of carbonyl (C=O) groups is 1. The summed E-state index contributed by atoms with van der Waals surface area (Å²) in [6.07, 6.45) is -0.993. The Morgan fingerprint density at radius 3 is 2.82 bits per heavy atom. The van der Waals surface area contributed by atoms with Gasteiger partial charge in [-0.3, -0.25) is 5.10 Å². The lowest BCUT2D eigenvalue weighted by Crippen LogP contribution is -2.35. The molecule has 1 aromatic rings. The molecule has 0 bridgehead atoms. The number of nitrogens with zero attached hydrogens (tertiary/aromatic N) is 1. The van der Waals surface area contributed by atoms with Crippen LogP contribution in [0.2, 0.25) is 0 Å². The van der Waals surface area contributed by atoms with Crippen molar-refractivity contribution >= 4 is 21.9 Å². The predicted octanol–water partition coefficient (Wildman–Crippen LogP) is 0.163. The summed E-state index contributed by atoms with van der Waals surface area (Å²) < 4.78 is 29.0. The van der Waals surface area contributed by atoms with Crippen LogP contribution in [0.3, 0.4) is 0 Å². The van der Waals surface area contributed by atoms with Gasteiger partial charge in [-0.1, -0.05) is 0 Å². The predicted molar refractivity (Wildman–Crippen MR) is 60.9 cm³/mol. The topological polar surface area (TPSA) is 113 Å². The number of hydrogen-bond acceptors (Lipinski definition) is 6. The van der Waals surface area contributed by atoms with Crippen molar-refractivity contribution in [2.75, 3.05) is 17.8 Å². The van der Waals surface area contributed by atoms with Crippen molar-refractivity contribution < 1.29 is 17.9 Å². The molecular weight excluding hydrogens is 248 g/mol. The van der Waals surface area contributed by atoms with Crippen LogP contribution in [-0.2, 0) is 14.8 Å². The van der Waals surface area contributed by atoms with E-state index in [4.69, 9.17) is 0 Å². The minimum Gasteiger partial charge on any atom is -0.449 e. The molecule has 0 unspecified atom stereocenters. The first-order valence-corrected chi connectivity index (χ1v) is 6.51. The van der Waals surface area contributed by atoms with Crippen molar-refractivity contribution in [3.05, 3.63) is 11.8 Å². The van der Waals surface area contributed by atoms with Crippen molar-refractivity contribution in [1.82, 2.24) is 14.9 Å². The van der Waals surface area contributed by atoms with Crippen LogP contribution in [0.4, 0.5) is 10.6 Å². The van der Waals surface area contributed by atoms with E-state index in [1.165, 1.54) is 0 Å². The van der Waals surface area contributed by atoms with Crippen LogP contribution in [0.1, 0.15) is 12.6 Å². The molecule has 1 aromatic heterocycles. The molecule has 0 radical (unpaired) electrons. The number of nitrogens with one attached hydrogen (secondary N) is 3. The molecule has 8 nitrogen and oxygen atoms in total. The normalized spacial score (nSPS) is 10.9. The summed E-state index contributed by atoms with van der Waals surface area (Å²) in [4.78, 5) is 10.9. The van der Waals surface area contributed by atoms with Gasteiger partial charge in [0.05, 0.1) is 6.61 Å². The fourth-order valence-corrected chi connectivity index (χ4v) is 1.72. The van der Waals surface area contributed by atoms with Crippen LogP contribution in [0.25, 0.3) is 0 Å². The molecule has 1 amide bonds. The Bertz CT molecular complexity index is 481. The van der Waals surface area contributed by atoms with Gasteiger partial charge in [0.25, 0.3) is 10.0 Å². The number of anilines is 1. The third-order valence-corrected chi connectivity index (χ3v) is 2.67. The molecule has 0 aliphatic heterocycles. The van der Waals surface area contributed by atoms with Crippen molar-refractivity contribution in [1.29, 1.82) is 0 Å². The molecule has 9 heteroatoms. The molecule has 0 spiro atoms. The summed E-state index contributed by atoms with van der Waals surface area (Å²) in [7, 11) is -3.78. The lowest BCUT2D eigenvalue weighted by Gasteiger charge is -2.06. The lowest BCUT2D eigenvalue weighted by atomic mass is 10.5. The quantitative estimate of drug-likeness (QED) is 0.696. The molecule has 0 saturated heterocycles. The molecule has 0 aliphatic rings. The van der Waals surface area contributed by atoms with E-state index in [1.54, 1.807) is 24.6 Å². The highest BCUT2D eigenvalue weighted by Gasteiger charge is 2.15. The van der Waals surface area contributed by atoms with Gasteiger partial charge in [-0.2, -0.15) is 5.10 Å². The first kappa shape index (κ1) is 13.3. The SMILES string of the molecule is CCOC(=O)NS(=O)(=O)CNc1cc(C)[nH]n1. The van der Waals surface area contributed by atoms with Gasteiger partial charge >= 0.3 is 6.09 Å². The lowest BCUT2D eigenvalue weighted by molar-refractivity contribution is 0.158. The smallest absolute Gasteiger partial charge is 0.420 e. The van der Waals surface area contributed by atoms with Gasteiger partial charge in [0.15, 0.2) is 0 Å². The molecule has 0 fully saturated rings. The number of carbonyl (C=O) groups excluding carboxylic acids is 1. The van der Waals surface area contributed by atoms with Gasteiger partial charge in [0, 0.05) is 11.8 Å². The van der Waals surface area contributed by atoms with Crippen LogP contribution < -0.4 is 10.0 Å². The van der Waals surface area contributed by atoms with E-state index in [0.717, 1.165) is 5.69 Å². The molecule has 96 valence electrons. The second kappa shape index (κ2) is 5.53. The van der Waals surface area contributed by atoms with Gasteiger partial charge in [-0.15, -0.1) is 0 Å². The van der Waals surface area contributed by atoms with Gasteiger partial charge < -0.3 is 10.1 Å². The maximum Gasteiger partial charge on any atom is 0.420 e. The number of aromatic amines is 1. The molecule has 0 atom stereocenters. The Morgan fingerprint density at radius 2 is 2.29 bits per heavy atom. The molecule has 3 N–H and O–H groups in total. The van der Waals surface area contributed by atoms with E-state index < -0.39 is 22.0 Å². The molecule has 1 heterocycles. The Morgan fingerprint density at radius 1 is 1.59 bits per heavy atom. The van der Waals surface area contributed by atoms with Crippen LogP contribution in [-0.4, -0.2) is 37.2 Å². The van der Waals surface area contributed by atoms with E-state index in [0.29, 0.717) is 5.82 Å². The Hall–Kier alpha value is -1.77. The molecule has 1 rings (SSSR count). The Labute approximate surface area is 98.8 Å². The number of hydrogen-bond donors (Lipinski definition) is 3. The van der Waals surface area contributed by atoms with Crippen LogP contribution in [0, 0.1) is 6.92 Å². The molecular formula is C8H14N4O4S. The largest absolute Gasteiger partial charge is 0.449 e. The van der Waals surface area contributed by atoms with Crippen LogP contribution in [0.5, 0.6) is 0 Å². The first-order chi connectivity index (χ1) is 7.93. The monoisotopic (exact) mass is 262 g/mol. The average Bonchev–Trinajstić information content (AvgIpc) is 2.61. The van der Waals surface area contributed by atoms with Gasteiger partial charge in [-0.05, 0) is 13.8 Å². The molecule has 0 saturated carbocycles. The number of aromatic nitrogens is 2. The number of amides is 1. The van der Waals surface area contributed by atoms with E-state index >= 15 is 0 Å². The van der Waals surface area contributed by atoms with E-state index in [9.17, 15) is 13.2 Å². The highest BCUT2D eigenvalue weighted by Crippen LogP contribution is 2.03. The number of sulfonamides is 1. The van der Waals surface area contributed by atoms with Crippen molar-refractivity contribution in [3.63, 3.8) is 0 Å². The van der Waals surface area contributed by atoms with Gasteiger partial charge in [0.2, 0.25) is 0 Å². The summed E-state index contributed by atoms with van der Waals surface area (Å²) >= 11 is 0. The zero-order valence-electron chi connectivity index (χ0n) is 9.48. The van der Waals surface area contributed by atoms with Crippen LogP contribution in [0.15, 0.2) is 6.07 Å². The summed E-state index contributed by atoms with van der Waals surface area (Å²) in [6.45, 7) is 3.47. The molecule has 0 aromatic carbocycles. The van der Waals surface area contributed by atoms with Crippen molar-refractivity contribution in [2.24, 2.45) is 0 Å². The van der Waals surface area contributed by atoms with Gasteiger partial charge in [0.1, 0.15) is 11.7 Å². The van der Waals surface area contributed by atoms with Crippen molar-refractivity contribution in [2.45, 2.75) is 13.8 Å². The van der Waals surface area contributed by atoms with Crippen LogP contribution >= 0.6 is 0 Å². The zero-order chi connectivity index (χ0) is 12.9. The number of ether oxygens (including phenoxy) is 1. The standard InChI is InChI=1S/C8H14N4O4S/c1-3-16-8(13)12-17(14,15)5-9-7-4-6(2)10-11-7/h4H,3,5H2,1-2H3,(H,12,13)(H2,9,10,11). The molecule has 17 heavy (non-hydrogen) atoms.